The Labute approximate surface area is 118 Å². The second kappa shape index (κ2) is 7.07. The zero-order valence-corrected chi connectivity index (χ0v) is 11.3. The minimum atomic E-state index is 0.0835. The molecule has 0 aliphatic carbocycles. The van der Waals surface area contributed by atoms with Gasteiger partial charge in [0.25, 0.3) is 0 Å². The number of Topliss-reactive ketones (excluding diaryl/α,β-unsaturated/α-hetero) is 1. The van der Waals surface area contributed by atoms with Crippen LogP contribution in [-0.2, 0) is 22.6 Å². The van der Waals surface area contributed by atoms with Crippen molar-refractivity contribution in [3.63, 3.8) is 0 Å². The molecule has 0 saturated heterocycles. The lowest BCUT2D eigenvalue weighted by Gasteiger charge is -2.04. The fourth-order valence-corrected chi connectivity index (χ4v) is 1.86. The molecule has 2 rings (SSSR count). The molecule has 0 atom stereocenters. The third kappa shape index (κ3) is 4.86. The Morgan fingerprint density at radius 2 is 1.63 bits per heavy atom. The van der Waals surface area contributed by atoms with Crippen LogP contribution in [0.5, 0.6) is 0 Å². The molecular weight excluding hydrogens is 260 g/mol. The summed E-state index contributed by atoms with van der Waals surface area (Å²) in [5.41, 5.74) is 2.03. The van der Waals surface area contributed by atoms with Crippen molar-refractivity contribution in [2.75, 3.05) is 6.61 Å². The Balaban J connectivity index is 1.74. The smallest absolute Gasteiger partial charge is 0.162 e. The van der Waals surface area contributed by atoms with Crippen molar-refractivity contribution in [2.45, 2.75) is 13.0 Å². The van der Waals surface area contributed by atoms with Crippen LogP contribution >= 0.6 is 11.6 Å². The highest BCUT2D eigenvalue weighted by Crippen LogP contribution is 2.10. The van der Waals surface area contributed by atoms with Gasteiger partial charge in [0.1, 0.15) is 6.61 Å². The number of carbonyl (C=O) groups excluding carboxylic acids is 1. The average Bonchev–Trinajstić information content (AvgIpc) is 2.42. The maximum Gasteiger partial charge on any atom is 0.162 e. The Hall–Kier alpha value is -1.64. The quantitative estimate of drug-likeness (QED) is 0.803. The number of carbonyl (C=O) groups is 1. The van der Waals surface area contributed by atoms with E-state index in [9.17, 15) is 4.79 Å². The van der Waals surface area contributed by atoms with Gasteiger partial charge in [-0.1, -0.05) is 54.1 Å². The summed E-state index contributed by atoms with van der Waals surface area (Å²) in [7, 11) is 0. The molecule has 0 aliphatic rings. The van der Waals surface area contributed by atoms with Crippen LogP contribution in [0.2, 0.25) is 5.02 Å². The van der Waals surface area contributed by atoms with Crippen molar-refractivity contribution in [2.24, 2.45) is 0 Å². The second-order valence-electron chi connectivity index (χ2n) is 4.32. The molecule has 2 aromatic rings. The van der Waals surface area contributed by atoms with Gasteiger partial charge in [-0.2, -0.15) is 0 Å². The maximum absolute atomic E-state index is 11.7. The molecule has 0 radical (unpaired) electrons. The summed E-state index contributed by atoms with van der Waals surface area (Å²) in [5, 5.41) is 0.698. The molecule has 0 aromatic heterocycles. The van der Waals surface area contributed by atoms with E-state index in [2.05, 4.69) is 0 Å². The molecule has 3 heteroatoms. The lowest BCUT2D eigenvalue weighted by atomic mass is 10.1. The summed E-state index contributed by atoms with van der Waals surface area (Å²) in [6.45, 7) is 0.565. The molecule has 0 amide bonds. The highest BCUT2D eigenvalue weighted by molar-refractivity contribution is 6.30. The Bertz CT molecular complexity index is 520. The molecule has 0 spiro atoms. The molecular formula is C16H15ClO2. The van der Waals surface area contributed by atoms with Gasteiger partial charge in [-0.15, -0.1) is 0 Å². The standard InChI is InChI=1S/C16H15ClO2/c17-15-8-6-14(7-9-15)11-19-12-16(18)10-13-4-2-1-3-5-13/h1-9H,10-12H2. The van der Waals surface area contributed by atoms with Gasteiger partial charge in [0, 0.05) is 11.4 Å². The van der Waals surface area contributed by atoms with Crippen molar-refractivity contribution in [1.29, 1.82) is 0 Å². The highest BCUT2D eigenvalue weighted by atomic mass is 35.5. The largest absolute Gasteiger partial charge is 0.369 e. The van der Waals surface area contributed by atoms with Crippen LogP contribution in [0.25, 0.3) is 0 Å². The zero-order chi connectivity index (χ0) is 13.5. The van der Waals surface area contributed by atoms with Crippen LogP contribution in [0, 0.1) is 0 Å². The first-order valence-corrected chi connectivity index (χ1v) is 6.49. The minimum absolute atomic E-state index is 0.0835. The van der Waals surface area contributed by atoms with Gasteiger partial charge < -0.3 is 4.74 Å². The van der Waals surface area contributed by atoms with Crippen LogP contribution < -0.4 is 0 Å². The van der Waals surface area contributed by atoms with Gasteiger partial charge in [0.05, 0.1) is 6.61 Å². The predicted molar refractivity (Wildman–Crippen MR) is 76.3 cm³/mol. The summed E-state index contributed by atoms with van der Waals surface area (Å²) in [4.78, 5) is 11.7. The maximum atomic E-state index is 11.7. The molecule has 0 aliphatic heterocycles. The molecule has 0 N–H and O–H groups in total. The first kappa shape index (κ1) is 13.8. The van der Waals surface area contributed by atoms with Crippen LogP contribution in [-0.4, -0.2) is 12.4 Å². The van der Waals surface area contributed by atoms with Crippen LogP contribution in [0.4, 0.5) is 0 Å². The second-order valence-corrected chi connectivity index (χ2v) is 4.76. The summed E-state index contributed by atoms with van der Waals surface area (Å²) in [6, 6.07) is 17.1. The monoisotopic (exact) mass is 274 g/mol. The number of hydrogen-bond acceptors (Lipinski definition) is 2. The molecule has 2 aromatic carbocycles. The SMILES string of the molecule is O=C(COCc1ccc(Cl)cc1)Cc1ccccc1. The fraction of sp³-hybridized carbons (Fsp3) is 0.188. The number of hydrogen-bond donors (Lipinski definition) is 0. The summed E-state index contributed by atoms with van der Waals surface area (Å²) in [5.74, 6) is 0.0835. The summed E-state index contributed by atoms with van der Waals surface area (Å²) < 4.78 is 5.40. The van der Waals surface area contributed by atoms with Gasteiger partial charge >= 0.3 is 0 Å². The van der Waals surface area contributed by atoms with Crippen LogP contribution in [0.1, 0.15) is 11.1 Å². The van der Waals surface area contributed by atoms with Crippen molar-refractivity contribution < 1.29 is 9.53 Å². The average molecular weight is 275 g/mol. The first-order chi connectivity index (χ1) is 9.24. The molecule has 98 valence electrons. The predicted octanol–water partition coefficient (Wildman–Crippen LogP) is 3.67. The van der Waals surface area contributed by atoms with Crippen molar-refractivity contribution in [3.05, 3.63) is 70.7 Å². The Morgan fingerprint density at radius 3 is 2.32 bits per heavy atom. The fourth-order valence-electron chi connectivity index (χ4n) is 1.74. The summed E-state index contributed by atoms with van der Waals surface area (Å²) >= 11 is 5.79. The van der Waals surface area contributed by atoms with E-state index < -0.39 is 0 Å². The molecule has 0 unspecified atom stereocenters. The third-order valence-electron chi connectivity index (χ3n) is 2.69. The molecule has 2 nitrogen and oxygen atoms in total. The van der Waals surface area contributed by atoms with Crippen molar-refractivity contribution in [1.82, 2.24) is 0 Å². The van der Waals surface area contributed by atoms with Crippen LogP contribution in [0.15, 0.2) is 54.6 Å². The van der Waals surface area contributed by atoms with E-state index in [1.54, 1.807) is 0 Å². The van der Waals surface area contributed by atoms with E-state index in [0.717, 1.165) is 11.1 Å². The molecule has 19 heavy (non-hydrogen) atoms. The Morgan fingerprint density at radius 1 is 0.947 bits per heavy atom. The number of ether oxygens (including phenoxy) is 1. The normalized spacial score (nSPS) is 10.4. The number of benzene rings is 2. The topological polar surface area (TPSA) is 26.3 Å². The van der Waals surface area contributed by atoms with E-state index in [-0.39, 0.29) is 12.4 Å². The molecule has 0 fully saturated rings. The van der Waals surface area contributed by atoms with Crippen molar-refractivity contribution in [3.8, 4) is 0 Å². The van der Waals surface area contributed by atoms with Gasteiger partial charge in [-0.05, 0) is 23.3 Å². The first-order valence-electron chi connectivity index (χ1n) is 6.12. The lowest BCUT2D eigenvalue weighted by molar-refractivity contribution is -0.123. The van der Waals surface area contributed by atoms with Gasteiger partial charge in [-0.25, -0.2) is 0 Å². The van der Waals surface area contributed by atoms with Gasteiger partial charge in [0.15, 0.2) is 5.78 Å². The minimum Gasteiger partial charge on any atom is -0.369 e. The van der Waals surface area contributed by atoms with E-state index in [0.29, 0.717) is 18.1 Å². The summed E-state index contributed by atoms with van der Waals surface area (Å²) in [6.07, 6.45) is 0.418. The number of halogens is 1. The van der Waals surface area contributed by atoms with E-state index in [1.807, 2.05) is 54.6 Å². The Kier molecular flexibility index (Phi) is 5.13. The molecule has 0 saturated carbocycles. The number of rotatable bonds is 6. The van der Waals surface area contributed by atoms with Crippen molar-refractivity contribution >= 4 is 17.4 Å². The molecule has 0 heterocycles. The van der Waals surface area contributed by atoms with E-state index >= 15 is 0 Å². The lowest BCUT2D eigenvalue weighted by Crippen LogP contribution is -2.11. The van der Waals surface area contributed by atoms with Gasteiger partial charge in [0.2, 0.25) is 0 Å². The van der Waals surface area contributed by atoms with E-state index in [1.165, 1.54) is 0 Å². The third-order valence-corrected chi connectivity index (χ3v) is 2.94. The van der Waals surface area contributed by atoms with Gasteiger partial charge in [-0.3, -0.25) is 4.79 Å². The van der Waals surface area contributed by atoms with Crippen LogP contribution in [0.3, 0.4) is 0 Å². The number of ketones is 1. The molecule has 0 bridgehead atoms. The van der Waals surface area contributed by atoms with E-state index in [4.69, 9.17) is 16.3 Å². The zero-order valence-electron chi connectivity index (χ0n) is 10.5. The highest BCUT2D eigenvalue weighted by Gasteiger charge is 2.03.